The number of aromatic nitrogens is 2. The minimum Gasteiger partial charge on any atom is -0.309 e. The van der Waals surface area contributed by atoms with Crippen molar-refractivity contribution in [2.24, 2.45) is 11.8 Å². The summed E-state index contributed by atoms with van der Waals surface area (Å²) in [5.74, 6) is 1.75. The summed E-state index contributed by atoms with van der Waals surface area (Å²) < 4.78 is 0. The molecule has 1 heterocycles. The summed E-state index contributed by atoms with van der Waals surface area (Å²) in [6, 6.07) is 0.702. The van der Waals surface area contributed by atoms with Crippen molar-refractivity contribution in [3.63, 3.8) is 0 Å². The quantitative estimate of drug-likeness (QED) is 0.707. The lowest BCUT2D eigenvalue weighted by atomic mass is 9.71. The molecule has 3 nitrogen and oxygen atoms in total. The summed E-state index contributed by atoms with van der Waals surface area (Å²) >= 11 is 0. The van der Waals surface area contributed by atoms with Crippen LogP contribution in [0.1, 0.15) is 18.4 Å². The van der Waals surface area contributed by atoms with Gasteiger partial charge in [-0.05, 0) is 24.7 Å². The number of nitrogens with zero attached hydrogens (tertiary/aromatic N) is 1. The van der Waals surface area contributed by atoms with Crippen LogP contribution in [0.25, 0.3) is 0 Å². The maximum absolute atomic E-state index is 3.93. The molecule has 0 bridgehead atoms. The molecule has 0 aliphatic heterocycles. The third-order valence-electron chi connectivity index (χ3n) is 3.49. The number of hydrogen-bond donors (Lipinski definition) is 2. The van der Waals surface area contributed by atoms with E-state index < -0.39 is 0 Å². The first-order chi connectivity index (χ1) is 6.93. The van der Waals surface area contributed by atoms with Gasteiger partial charge in [0.05, 0.1) is 6.20 Å². The topological polar surface area (TPSA) is 40.7 Å². The highest BCUT2D eigenvalue weighted by molar-refractivity contribution is 5.13. The molecular formula is C11H15N3. The van der Waals surface area contributed by atoms with Crippen LogP contribution in [0, 0.1) is 11.8 Å². The maximum Gasteiger partial charge on any atom is 0.0532 e. The highest BCUT2D eigenvalue weighted by Crippen LogP contribution is 2.42. The van der Waals surface area contributed by atoms with E-state index in [1.807, 2.05) is 12.4 Å². The molecule has 1 aromatic heterocycles. The van der Waals surface area contributed by atoms with Crippen molar-refractivity contribution in [3.05, 3.63) is 30.1 Å². The fourth-order valence-corrected chi connectivity index (χ4v) is 2.57. The Morgan fingerprint density at radius 1 is 1.57 bits per heavy atom. The first-order valence-corrected chi connectivity index (χ1v) is 5.31. The van der Waals surface area contributed by atoms with Crippen molar-refractivity contribution in [3.8, 4) is 0 Å². The number of H-pyrrole nitrogens is 1. The summed E-state index contributed by atoms with van der Waals surface area (Å²) in [6.07, 6.45) is 11.2. The molecule has 14 heavy (non-hydrogen) atoms. The summed E-state index contributed by atoms with van der Waals surface area (Å²) in [6.45, 7) is 0.943. The molecule has 3 atom stereocenters. The first-order valence-electron chi connectivity index (χ1n) is 5.31. The normalized spacial score (nSPS) is 34.1. The van der Waals surface area contributed by atoms with Crippen LogP contribution in [0.2, 0.25) is 0 Å². The molecule has 0 saturated heterocycles. The molecule has 0 aromatic carbocycles. The third-order valence-corrected chi connectivity index (χ3v) is 3.49. The molecule has 1 aromatic rings. The Hall–Kier alpha value is -1.09. The summed E-state index contributed by atoms with van der Waals surface area (Å²) in [5.41, 5.74) is 1.25. The standard InChI is InChI=1S/C11H15N3/c1-2-9-4-11(10(9)3-1)12-5-8-6-13-14-7-8/h1,3,6-7,9-12H,2,4-5H2,(H,13,14). The highest BCUT2D eigenvalue weighted by atomic mass is 15.1. The molecule has 0 amide bonds. The van der Waals surface area contributed by atoms with Crippen molar-refractivity contribution < 1.29 is 0 Å². The third kappa shape index (κ3) is 1.28. The number of hydrogen-bond acceptors (Lipinski definition) is 2. The van der Waals surface area contributed by atoms with E-state index in [-0.39, 0.29) is 0 Å². The van der Waals surface area contributed by atoms with Gasteiger partial charge in [0.15, 0.2) is 0 Å². The second kappa shape index (κ2) is 3.24. The number of fused-ring (bicyclic) bond motifs is 1. The summed E-state index contributed by atoms with van der Waals surface area (Å²) in [7, 11) is 0. The Kier molecular flexibility index (Phi) is 1.91. The molecule has 2 aliphatic carbocycles. The summed E-state index contributed by atoms with van der Waals surface area (Å²) in [5, 5.41) is 10.3. The predicted molar refractivity (Wildman–Crippen MR) is 54.6 cm³/mol. The van der Waals surface area contributed by atoms with Crippen LogP contribution >= 0.6 is 0 Å². The number of allylic oxidation sites excluding steroid dienone is 1. The first kappa shape index (κ1) is 8.24. The van der Waals surface area contributed by atoms with Crippen molar-refractivity contribution in [2.45, 2.75) is 25.4 Å². The SMILES string of the molecule is C1=CC2C(C1)CC2NCc1cn[nH]c1. The Morgan fingerprint density at radius 2 is 2.57 bits per heavy atom. The van der Waals surface area contributed by atoms with Gasteiger partial charge in [-0.3, -0.25) is 5.10 Å². The van der Waals surface area contributed by atoms with Crippen LogP contribution in [0.3, 0.4) is 0 Å². The van der Waals surface area contributed by atoms with E-state index in [0.29, 0.717) is 6.04 Å². The molecule has 74 valence electrons. The lowest BCUT2D eigenvalue weighted by Gasteiger charge is -2.40. The van der Waals surface area contributed by atoms with E-state index in [1.165, 1.54) is 18.4 Å². The van der Waals surface area contributed by atoms with E-state index in [4.69, 9.17) is 0 Å². The zero-order valence-corrected chi connectivity index (χ0v) is 8.11. The van der Waals surface area contributed by atoms with E-state index in [1.54, 1.807) is 0 Å². The fourth-order valence-electron chi connectivity index (χ4n) is 2.57. The molecule has 0 radical (unpaired) electrons. The lowest BCUT2D eigenvalue weighted by Crippen LogP contribution is -2.47. The van der Waals surface area contributed by atoms with E-state index >= 15 is 0 Å². The molecule has 1 fully saturated rings. The molecule has 2 aliphatic rings. The zero-order chi connectivity index (χ0) is 9.38. The van der Waals surface area contributed by atoms with Gasteiger partial charge in [0.25, 0.3) is 0 Å². The van der Waals surface area contributed by atoms with Gasteiger partial charge in [-0.25, -0.2) is 0 Å². The van der Waals surface area contributed by atoms with Gasteiger partial charge in [-0.15, -0.1) is 0 Å². The van der Waals surface area contributed by atoms with Crippen molar-refractivity contribution in [2.75, 3.05) is 0 Å². The van der Waals surface area contributed by atoms with Gasteiger partial charge < -0.3 is 5.32 Å². The maximum atomic E-state index is 3.93. The van der Waals surface area contributed by atoms with Crippen LogP contribution in [0.5, 0.6) is 0 Å². The van der Waals surface area contributed by atoms with E-state index in [0.717, 1.165) is 18.4 Å². The molecule has 1 saturated carbocycles. The second-order valence-corrected chi connectivity index (χ2v) is 4.33. The van der Waals surface area contributed by atoms with Crippen molar-refractivity contribution in [1.29, 1.82) is 0 Å². The monoisotopic (exact) mass is 189 g/mol. The Balaban J connectivity index is 1.52. The van der Waals surface area contributed by atoms with Gasteiger partial charge in [0, 0.05) is 24.3 Å². The number of rotatable bonds is 3. The van der Waals surface area contributed by atoms with Gasteiger partial charge in [0.2, 0.25) is 0 Å². The minimum atomic E-state index is 0.702. The molecule has 0 spiro atoms. The van der Waals surface area contributed by atoms with Crippen LogP contribution < -0.4 is 5.32 Å². The van der Waals surface area contributed by atoms with E-state index in [9.17, 15) is 0 Å². The smallest absolute Gasteiger partial charge is 0.0532 e. The Labute approximate surface area is 83.6 Å². The van der Waals surface area contributed by atoms with Crippen LogP contribution in [-0.2, 0) is 6.54 Å². The van der Waals surface area contributed by atoms with Crippen molar-refractivity contribution >= 4 is 0 Å². The van der Waals surface area contributed by atoms with Crippen molar-refractivity contribution in [1.82, 2.24) is 15.5 Å². The number of aromatic amines is 1. The Morgan fingerprint density at radius 3 is 3.36 bits per heavy atom. The molecule has 3 heteroatoms. The molecule has 2 N–H and O–H groups in total. The largest absolute Gasteiger partial charge is 0.309 e. The number of nitrogens with one attached hydrogen (secondary N) is 2. The van der Waals surface area contributed by atoms with E-state index in [2.05, 4.69) is 27.7 Å². The highest BCUT2D eigenvalue weighted by Gasteiger charge is 2.40. The average Bonchev–Trinajstić information content (AvgIpc) is 2.76. The fraction of sp³-hybridized carbons (Fsp3) is 0.545. The second-order valence-electron chi connectivity index (χ2n) is 4.33. The lowest BCUT2D eigenvalue weighted by molar-refractivity contribution is 0.162. The molecule has 3 unspecified atom stereocenters. The van der Waals surface area contributed by atoms with Crippen LogP contribution in [-0.4, -0.2) is 16.2 Å². The van der Waals surface area contributed by atoms with Gasteiger partial charge >= 0.3 is 0 Å². The minimum absolute atomic E-state index is 0.702. The van der Waals surface area contributed by atoms with Gasteiger partial charge in [0.1, 0.15) is 0 Å². The Bertz CT molecular complexity index is 328. The zero-order valence-electron chi connectivity index (χ0n) is 8.11. The van der Waals surface area contributed by atoms with Gasteiger partial charge in [-0.2, -0.15) is 5.10 Å². The van der Waals surface area contributed by atoms with Crippen LogP contribution in [0.15, 0.2) is 24.5 Å². The predicted octanol–water partition coefficient (Wildman–Crippen LogP) is 1.46. The summed E-state index contributed by atoms with van der Waals surface area (Å²) in [4.78, 5) is 0. The molecule has 3 rings (SSSR count). The molecular weight excluding hydrogens is 174 g/mol. The average molecular weight is 189 g/mol. The van der Waals surface area contributed by atoms with Gasteiger partial charge in [-0.1, -0.05) is 12.2 Å². The van der Waals surface area contributed by atoms with Crippen LogP contribution in [0.4, 0.5) is 0 Å².